The number of unbranched alkanes of at least 4 members (excludes halogenated alkanes) is 1. The summed E-state index contributed by atoms with van der Waals surface area (Å²) in [4.78, 5) is 11.6. The second-order valence-electron chi connectivity index (χ2n) is 3.13. The number of carbonyl (C=O) groups excluding carboxylic acids is 1. The number of nitrogens with two attached hydrogens (primary N) is 1. The maximum absolute atomic E-state index is 11.6. The molecule has 8 nitrogen and oxygen atoms in total. The lowest BCUT2D eigenvalue weighted by Gasteiger charge is -2.23. The number of hydrogen-bond donors (Lipinski definition) is 2. The van der Waals surface area contributed by atoms with E-state index in [2.05, 4.69) is 9.55 Å². The number of amidine groups is 1. The minimum atomic E-state index is -4.08. The lowest BCUT2D eigenvalue weighted by molar-refractivity contribution is -0.119. The Labute approximate surface area is 92.6 Å². The third-order valence-corrected chi connectivity index (χ3v) is 3.31. The molecule has 0 fully saturated rings. The maximum Gasteiger partial charge on any atom is 0.349 e. The molecule has 1 amide bonds. The molecule has 1 aliphatic rings. The lowest BCUT2D eigenvalue weighted by atomic mass is 10.3. The summed E-state index contributed by atoms with van der Waals surface area (Å²) in [5.41, 5.74) is 4.63. The van der Waals surface area contributed by atoms with Gasteiger partial charge in [0.1, 0.15) is 0 Å². The highest BCUT2D eigenvalue weighted by Crippen LogP contribution is 2.12. The molecule has 0 bridgehead atoms. The van der Waals surface area contributed by atoms with Crippen LogP contribution in [-0.4, -0.2) is 41.9 Å². The van der Waals surface area contributed by atoms with Gasteiger partial charge in [0.2, 0.25) is 5.71 Å². The highest BCUT2D eigenvalue weighted by Gasteiger charge is 2.37. The summed E-state index contributed by atoms with van der Waals surface area (Å²) < 4.78 is 26.6. The normalized spacial score (nSPS) is 22.3. The first-order chi connectivity index (χ1) is 7.44. The molecule has 1 rings (SSSR count). The lowest BCUT2D eigenvalue weighted by Crippen LogP contribution is -2.50. The van der Waals surface area contributed by atoms with E-state index in [0.29, 0.717) is 17.1 Å². The topological polar surface area (TPSA) is 125 Å². The van der Waals surface area contributed by atoms with Crippen molar-refractivity contribution in [1.82, 2.24) is 4.31 Å². The van der Waals surface area contributed by atoms with Crippen molar-refractivity contribution in [3.63, 3.8) is 0 Å². The van der Waals surface area contributed by atoms with Crippen molar-refractivity contribution in [2.75, 3.05) is 6.54 Å². The van der Waals surface area contributed by atoms with E-state index in [-0.39, 0.29) is 6.54 Å². The van der Waals surface area contributed by atoms with Crippen LogP contribution in [0, 0.1) is 0 Å². The van der Waals surface area contributed by atoms with Crippen molar-refractivity contribution < 1.29 is 18.4 Å². The zero-order valence-corrected chi connectivity index (χ0v) is 9.44. The zero-order valence-electron chi connectivity index (χ0n) is 8.62. The first-order valence-corrected chi connectivity index (χ1v) is 5.98. The fraction of sp³-hybridized carbons (Fsp3) is 0.571. The molecule has 0 saturated carbocycles. The molecule has 1 heterocycles. The van der Waals surface area contributed by atoms with E-state index in [4.69, 9.17) is 10.9 Å². The minimum absolute atomic E-state index is 0.00648. The first-order valence-electron chi connectivity index (χ1n) is 4.59. The molecule has 0 aliphatic carbocycles. The summed E-state index contributed by atoms with van der Waals surface area (Å²) in [6.07, 6.45) is 1.21. The third-order valence-electron chi connectivity index (χ3n) is 1.98. The standard InChI is InChI=1S/C7H12N4O4S/c1-2-3-4-11-7(12)5(9-13)6(8)10-16(11,14)15/h13H,2-4H2,1H3,(H2,8,10)/b9-5+. The fourth-order valence-electron chi connectivity index (χ4n) is 1.16. The summed E-state index contributed by atoms with van der Waals surface area (Å²) >= 11 is 0. The van der Waals surface area contributed by atoms with Gasteiger partial charge in [-0.3, -0.25) is 4.79 Å². The van der Waals surface area contributed by atoms with Crippen LogP contribution in [0.2, 0.25) is 0 Å². The third kappa shape index (κ3) is 2.13. The molecule has 3 N–H and O–H groups in total. The van der Waals surface area contributed by atoms with E-state index in [9.17, 15) is 13.2 Å². The molecule has 0 radical (unpaired) electrons. The molecule has 1 aliphatic heterocycles. The second-order valence-corrected chi connectivity index (χ2v) is 4.65. The van der Waals surface area contributed by atoms with Crippen molar-refractivity contribution in [3.8, 4) is 0 Å². The van der Waals surface area contributed by atoms with Gasteiger partial charge in [0, 0.05) is 6.54 Å². The summed E-state index contributed by atoms with van der Waals surface area (Å²) in [6, 6.07) is 0. The number of oxime groups is 1. The van der Waals surface area contributed by atoms with Crippen LogP contribution < -0.4 is 5.73 Å². The number of rotatable bonds is 3. The van der Waals surface area contributed by atoms with E-state index in [0.717, 1.165) is 0 Å². The van der Waals surface area contributed by atoms with Gasteiger partial charge >= 0.3 is 10.2 Å². The average molecular weight is 248 g/mol. The number of hydrogen-bond acceptors (Lipinski definition) is 6. The summed E-state index contributed by atoms with van der Waals surface area (Å²) in [5, 5.41) is 11.2. The van der Waals surface area contributed by atoms with Crippen LogP contribution in [0.4, 0.5) is 0 Å². The van der Waals surface area contributed by atoms with Gasteiger partial charge in [-0.25, -0.2) is 4.31 Å². The molecule has 0 aromatic heterocycles. The van der Waals surface area contributed by atoms with Crippen molar-refractivity contribution in [2.45, 2.75) is 19.8 Å². The Balaban J connectivity index is 3.15. The molecule has 0 aromatic carbocycles. The fourth-order valence-corrected chi connectivity index (χ4v) is 2.25. The summed E-state index contributed by atoms with van der Waals surface area (Å²) in [7, 11) is -4.08. The largest absolute Gasteiger partial charge is 0.410 e. The van der Waals surface area contributed by atoms with Gasteiger partial charge in [0.25, 0.3) is 5.91 Å². The van der Waals surface area contributed by atoms with Crippen LogP contribution >= 0.6 is 0 Å². The Morgan fingerprint density at radius 2 is 2.19 bits per heavy atom. The van der Waals surface area contributed by atoms with Gasteiger partial charge in [-0.2, -0.15) is 8.42 Å². The number of amides is 1. The second kappa shape index (κ2) is 4.47. The minimum Gasteiger partial charge on any atom is -0.410 e. The molecule has 9 heteroatoms. The monoisotopic (exact) mass is 248 g/mol. The summed E-state index contributed by atoms with van der Waals surface area (Å²) in [6.45, 7) is 1.84. The highest BCUT2D eigenvalue weighted by atomic mass is 32.2. The highest BCUT2D eigenvalue weighted by molar-refractivity contribution is 7.89. The molecule has 90 valence electrons. The number of carbonyl (C=O) groups is 1. The average Bonchev–Trinajstić information content (AvgIpc) is 2.16. The van der Waals surface area contributed by atoms with Gasteiger partial charge in [0.05, 0.1) is 0 Å². The SMILES string of the molecule is CCCCN1C(=O)/C(=N/O)C(N)=NS1(=O)=O. The van der Waals surface area contributed by atoms with Crippen LogP contribution in [0.3, 0.4) is 0 Å². The Hall–Kier alpha value is -1.64. The van der Waals surface area contributed by atoms with Gasteiger partial charge in [-0.15, -0.1) is 4.40 Å². The van der Waals surface area contributed by atoms with Gasteiger partial charge in [-0.1, -0.05) is 18.5 Å². The Morgan fingerprint density at radius 1 is 1.56 bits per heavy atom. The van der Waals surface area contributed by atoms with Crippen LogP contribution in [0.1, 0.15) is 19.8 Å². The van der Waals surface area contributed by atoms with Crippen molar-refractivity contribution >= 4 is 27.7 Å². The predicted molar refractivity (Wildman–Crippen MR) is 56.4 cm³/mol. The van der Waals surface area contributed by atoms with Crippen LogP contribution in [0.25, 0.3) is 0 Å². The zero-order chi connectivity index (χ0) is 12.3. The smallest absolute Gasteiger partial charge is 0.349 e. The Kier molecular flexibility index (Phi) is 3.48. The van der Waals surface area contributed by atoms with E-state index in [1.54, 1.807) is 0 Å². The van der Waals surface area contributed by atoms with Crippen molar-refractivity contribution in [3.05, 3.63) is 0 Å². The molecule has 0 unspecified atom stereocenters. The molecular formula is C7H12N4O4S. The molecule has 16 heavy (non-hydrogen) atoms. The van der Waals surface area contributed by atoms with E-state index in [1.165, 1.54) is 0 Å². The molecule has 0 saturated heterocycles. The van der Waals surface area contributed by atoms with Gasteiger partial charge in [0.15, 0.2) is 5.84 Å². The van der Waals surface area contributed by atoms with Crippen LogP contribution in [-0.2, 0) is 15.0 Å². The number of nitrogens with zero attached hydrogens (tertiary/aromatic N) is 3. The van der Waals surface area contributed by atoms with Gasteiger partial charge in [-0.05, 0) is 6.42 Å². The molecule has 0 atom stereocenters. The molecule has 0 aromatic rings. The van der Waals surface area contributed by atoms with Crippen LogP contribution in [0.5, 0.6) is 0 Å². The predicted octanol–water partition coefficient (Wildman–Crippen LogP) is -0.939. The van der Waals surface area contributed by atoms with Crippen molar-refractivity contribution in [2.24, 2.45) is 15.3 Å². The molecular weight excluding hydrogens is 236 g/mol. The Bertz CT molecular complexity index is 453. The molecule has 0 spiro atoms. The maximum atomic E-state index is 11.6. The van der Waals surface area contributed by atoms with E-state index in [1.807, 2.05) is 6.92 Å². The van der Waals surface area contributed by atoms with Crippen molar-refractivity contribution in [1.29, 1.82) is 0 Å². The Morgan fingerprint density at radius 3 is 2.69 bits per heavy atom. The van der Waals surface area contributed by atoms with E-state index < -0.39 is 27.7 Å². The van der Waals surface area contributed by atoms with Crippen LogP contribution in [0.15, 0.2) is 9.55 Å². The summed E-state index contributed by atoms with van der Waals surface area (Å²) in [5.74, 6) is -1.55. The van der Waals surface area contributed by atoms with Gasteiger partial charge < -0.3 is 10.9 Å². The first kappa shape index (κ1) is 12.4. The van der Waals surface area contributed by atoms with E-state index >= 15 is 0 Å². The quantitative estimate of drug-likeness (QED) is 0.492.